The number of unbranched alkanes of at least 4 members (excludes halogenated alkanes) is 3. The first kappa shape index (κ1) is 15.3. The zero-order valence-corrected chi connectivity index (χ0v) is 11.4. The van der Waals surface area contributed by atoms with Gasteiger partial charge in [0, 0.05) is 11.5 Å². The van der Waals surface area contributed by atoms with Crippen LogP contribution in [0.2, 0.25) is 0 Å². The summed E-state index contributed by atoms with van der Waals surface area (Å²) in [5, 5.41) is 3.44. The highest BCUT2D eigenvalue weighted by molar-refractivity contribution is 9.10. The summed E-state index contributed by atoms with van der Waals surface area (Å²) in [6.45, 7) is 4.52. The number of hydrogen-bond acceptors (Lipinski definition) is 3. The highest BCUT2D eigenvalue weighted by atomic mass is 79.9. The number of rotatable bonds is 8. The molecule has 0 saturated carbocycles. The van der Waals surface area contributed by atoms with E-state index < -0.39 is 4.32 Å². The molecule has 0 aromatic heterocycles. The molecule has 0 rings (SSSR count). The lowest BCUT2D eigenvalue weighted by molar-refractivity contribution is -0.145. The maximum atomic E-state index is 11.3. The van der Waals surface area contributed by atoms with Crippen molar-refractivity contribution in [2.75, 3.05) is 13.2 Å². The molecule has 6 heteroatoms. The van der Waals surface area contributed by atoms with Gasteiger partial charge in [0.15, 0.2) is 0 Å². The molecule has 0 aliphatic rings. The lowest BCUT2D eigenvalue weighted by Crippen LogP contribution is -2.26. The van der Waals surface area contributed by atoms with Crippen molar-refractivity contribution in [1.29, 1.82) is 0 Å². The van der Waals surface area contributed by atoms with Gasteiger partial charge >= 0.3 is 5.97 Å². The predicted octanol–water partition coefficient (Wildman–Crippen LogP) is 3.57. The Labute approximate surface area is 104 Å². The standard InChI is InChI=1S/C10H18BrN3O2/c1-10(2,11)9(15)16-8-6-4-3-5-7-13-14-12/h3-8H2,1-2H3. The van der Waals surface area contributed by atoms with Crippen LogP contribution < -0.4 is 0 Å². The second kappa shape index (κ2) is 8.42. The molecule has 0 saturated heterocycles. The van der Waals surface area contributed by atoms with Crippen molar-refractivity contribution >= 4 is 21.9 Å². The van der Waals surface area contributed by atoms with Crippen molar-refractivity contribution in [1.82, 2.24) is 0 Å². The molecule has 0 unspecified atom stereocenters. The number of alkyl halides is 1. The lowest BCUT2D eigenvalue weighted by Gasteiger charge is -2.14. The molecule has 0 aliphatic carbocycles. The van der Waals surface area contributed by atoms with Gasteiger partial charge in [-0.3, -0.25) is 4.79 Å². The van der Waals surface area contributed by atoms with Crippen molar-refractivity contribution < 1.29 is 9.53 Å². The average Bonchev–Trinajstić information content (AvgIpc) is 2.20. The molecule has 0 amide bonds. The van der Waals surface area contributed by atoms with Gasteiger partial charge in [-0.25, -0.2) is 0 Å². The third-order valence-corrected chi connectivity index (χ3v) is 2.26. The molecule has 0 spiro atoms. The van der Waals surface area contributed by atoms with Crippen LogP contribution in [0.4, 0.5) is 0 Å². The first-order valence-electron chi connectivity index (χ1n) is 5.35. The van der Waals surface area contributed by atoms with Crippen LogP contribution in [0.1, 0.15) is 39.5 Å². The smallest absolute Gasteiger partial charge is 0.322 e. The van der Waals surface area contributed by atoms with Gasteiger partial charge in [0.1, 0.15) is 4.32 Å². The van der Waals surface area contributed by atoms with Gasteiger partial charge < -0.3 is 4.74 Å². The third kappa shape index (κ3) is 8.56. The van der Waals surface area contributed by atoms with Crippen molar-refractivity contribution in [3.8, 4) is 0 Å². The molecule has 0 heterocycles. The van der Waals surface area contributed by atoms with Crippen molar-refractivity contribution in [3.05, 3.63) is 10.4 Å². The van der Waals surface area contributed by atoms with E-state index in [9.17, 15) is 4.79 Å². The molecule has 5 nitrogen and oxygen atoms in total. The molecule has 0 aromatic carbocycles. The maximum absolute atomic E-state index is 11.3. The molecule has 0 aliphatic heterocycles. The summed E-state index contributed by atoms with van der Waals surface area (Å²) >= 11 is 3.23. The van der Waals surface area contributed by atoms with Gasteiger partial charge in [0.25, 0.3) is 0 Å². The fourth-order valence-corrected chi connectivity index (χ4v) is 1.13. The first-order valence-corrected chi connectivity index (χ1v) is 6.15. The Morgan fingerprint density at radius 1 is 1.38 bits per heavy atom. The number of halogens is 1. The van der Waals surface area contributed by atoms with E-state index >= 15 is 0 Å². The number of esters is 1. The van der Waals surface area contributed by atoms with Crippen LogP contribution in [0.3, 0.4) is 0 Å². The Morgan fingerprint density at radius 3 is 2.56 bits per heavy atom. The van der Waals surface area contributed by atoms with E-state index in [1.54, 1.807) is 13.8 Å². The van der Waals surface area contributed by atoms with Crippen molar-refractivity contribution in [3.63, 3.8) is 0 Å². The number of nitrogens with zero attached hydrogens (tertiary/aromatic N) is 3. The lowest BCUT2D eigenvalue weighted by atomic mass is 10.2. The predicted molar refractivity (Wildman–Crippen MR) is 66.4 cm³/mol. The monoisotopic (exact) mass is 291 g/mol. The summed E-state index contributed by atoms with van der Waals surface area (Å²) in [5.41, 5.74) is 8.04. The summed E-state index contributed by atoms with van der Waals surface area (Å²) < 4.78 is 4.46. The quantitative estimate of drug-likeness (QED) is 0.171. The van der Waals surface area contributed by atoms with Crippen molar-refractivity contribution in [2.45, 2.75) is 43.9 Å². The number of carbonyl (C=O) groups is 1. The van der Waals surface area contributed by atoms with Crippen LogP contribution in [0.5, 0.6) is 0 Å². The molecule has 92 valence electrons. The second-order valence-electron chi connectivity index (χ2n) is 3.98. The van der Waals surface area contributed by atoms with E-state index in [-0.39, 0.29) is 5.97 Å². The van der Waals surface area contributed by atoms with Gasteiger partial charge in [0.05, 0.1) is 6.61 Å². The molecule has 0 aromatic rings. The minimum absolute atomic E-state index is 0.235. The summed E-state index contributed by atoms with van der Waals surface area (Å²) in [5.74, 6) is -0.235. The Morgan fingerprint density at radius 2 is 2.00 bits per heavy atom. The second-order valence-corrected chi connectivity index (χ2v) is 5.96. The Hall–Kier alpha value is -0.740. The molecule has 0 N–H and O–H groups in total. The maximum Gasteiger partial charge on any atom is 0.322 e. The Bertz CT molecular complexity index is 257. The average molecular weight is 292 g/mol. The SMILES string of the molecule is CC(C)(Br)C(=O)OCCCCCCN=[N+]=[N-]. The van der Waals surface area contributed by atoms with E-state index in [0.29, 0.717) is 13.2 Å². The van der Waals surface area contributed by atoms with Gasteiger partial charge in [-0.15, -0.1) is 0 Å². The number of azide groups is 1. The van der Waals surface area contributed by atoms with Gasteiger partial charge in [-0.05, 0) is 32.2 Å². The summed E-state index contributed by atoms with van der Waals surface area (Å²) in [6, 6.07) is 0. The zero-order chi connectivity index (χ0) is 12.4. The highest BCUT2D eigenvalue weighted by Crippen LogP contribution is 2.17. The molecular formula is C10H18BrN3O2. The third-order valence-electron chi connectivity index (χ3n) is 1.93. The summed E-state index contributed by atoms with van der Waals surface area (Å²) in [7, 11) is 0. The molecule has 16 heavy (non-hydrogen) atoms. The molecular weight excluding hydrogens is 274 g/mol. The van der Waals surface area contributed by atoms with Crippen LogP contribution >= 0.6 is 15.9 Å². The molecule has 0 radical (unpaired) electrons. The first-order chi connectivity index (χ1) is 7.48. The normalized spacial score (nSPS) is 10.7. The van der Waals surface area contributed by atoms with Gasteiger partial charge in [0.2, 0.25) is 0 Å². The van der Waals surface area contributed by atoms with E-state index in [4.69, 9.17) is 10.3 Å². The van der Waals surface area contributed by atoms with Crippen molar-refractivity contribution in [2.24, 2.45) is 5.11 Å². The molecule has 0 fully saturated rings. The van der Waals surface area contributed by atoms with E-state index in [0.717, 1.165) is 25.7 Å². The highest BCUT2D eigenvalue weighted by Gasteiger charge is 2.24. The minimum Gasteiger partial charge on any atom is -0.465 e. The van der Waals surface area contributed by atoms with E-state index in [1.165, 1.54) is 0 Å². The summed E-state index contributed by atoms with van der Waals surface area (Å²) in [6.07, 6.45) is 3.72. The molecule has 0 bridgehead atoms. The molecule has 0 atom stereocenters. The van der Waals surface area contributed by atoms with Gasteiger partial charge in [-0.2, -0.15) is 0 Å². The van der Waals surface area contributed by atoms with Crippen LogP contribution in [0.15, 0.2) is 5.11 Å². The van der Waals surface area contributed by atoms with E-state index in [1.807, 2.05) is 0 Å². The van der Waals surface area contributed by atoms with Crippen LogP contribution in [0, 0.1) is 0 Å². The van der Waals surface area contributed by atoms with Crippen LogP contribution in [-0.4, -0.2) is 23.4 Å². The van der Waals surface area contributed by atoms with Crippen LogP contribution in [0.25, 0.3) is 10.4 Å². The van der Waals surface area contributed by atoms with E-state index in [2.05, 4.69) is 26.0 Å². The minimum atomic E-state index is -0.603. The fourth-order valence-electron chi connectivity index (χ4n) is 1.02. The zero-order valence-electron chi connectivity index (χ0n) is 9.78. The largest absolute Gasteiger partial charge is 0.465 e. The summed E-state index contributed by atoms with van der Waals surface area (Å²) in [4.78, 5) is 14.0. The number of hydrogen-bond donors (Lipinski definition) is 0. The number of carbonyl (C=O) groups excluding carboxylic acids is 1. The fraction of sp³-hybridized carbons (Fsp3) is 0.900. The number of ether oxygens (including phenoxy) is 1. The topological polar surface area (TPSA) is 75.1 Å². The van der Waals surface area contributed by atoms with Gasteiger partial charge in [-0.1, -0.05) is 33.9 Å². The van der Waals surface area contributed by atoms with Crippen LogP contribution in [-0.2, 0) is 9.53 Å². The Balaban J connectivity index is 3.34. The Kier molecular flexibility index (Phi) is 8.03.